The average Bonchev–Trinajstić information content (AvgIpc) is 2.24. The van der Waals surface area contributed by atoms with Crippen LogP contribution in [0.25, 0.3) is 0 Å². The van der Waals surface area contributed by atoms with Crippen molar-refractivity contribution in [3.8, 4) is 0 Å². The highest BCUT2D eigenvalue weighted by molar-refractivity contribution is 6.17. The topological polar surface area (TPSA) is 38.3 Å². The van der Waals surface area contributed by atoms with Crippen LogP contribution in [0.1, 0.15) is 31.9 Å². The van der Waals surface area contributed by atoms with Crippen LogP contribution in [0.5, 0.6) is 0 Å². The summed E-state index contributed by atoms with van der Waals surface area (Å²) in [5, 5.41) is 2.36. The smallest absolute Gasteiger partial charge is 0.416 e. The van der Waals surface area contributed by atoms with Crippen molar-refractivity contribution in [2.24, 2.45) is 0 Å². The maximum Gasteiger partial charge on any atom is 0.416 e. The van der Waals surface area contributed by atoms with Crippen molar-refractivity contribution < 1.29 is 22.7 Å². The third kappa shape index (κ3) is 4.92. The zero-order chi connectivity index (χ0) is 15.6. The van der Waals surface area contributed by atoms with Crippen LogP contribution in [-0.4, -0.2) is 11.7 Å². The van der Waals surface area contributed by atoms with E-state index in [9.17, 15) is 18.0 Å². The predicted molar refractivity (Wildman–Crippen MR) is 70.9 cm³/mol. The minimum atomic E-state index is -4.48. The van der Waals surface area contributed by atoms with Crippen LogP contribution < -0.4 is 5.32 Å². The van der Waals surface area contributed by atoms with Gasteiger partial charge in [-0.05, 0) is 44.5 Å². The van der Waals surface area contributed by atoms with E-state index in [1.165, 1.54) is 6.07 Å². The normalized spacial score (nSPS) is 12.2. The first-order chi connectivity index (χ1) is 9.03. The van der Waals surface area contributed by atoms with Crippen LogP contribution >= 0.6 is 11.6 Å². The van der Waals surface area contributed by atoms with Gasteiger partial charge in [0.15, 0.2) is 0 Å². The summed E-state index contributed by atoms with van der Waals surface area (Å²) in [5.74, 6) is -0.307. The predicted octanol–water partition coefficient (Wildman–Crippen LogP) is 4.79. The molecule has 0 bridgehead atoms. The molecule has 0 heterocycles. The van der Waals surface area contributed by atoms with Gasteiger partial charge in [-0.1, -0.05) is 0 Å². The fraction of sp³-hybridized carbons (Fsp3) is 0.462. The molecule has 0 atom stereocenters. The molecule has 0 aromatic heterocycles. The van der Waals surface area contributed by atoms with Crippen LogP contribution in [0.15, 0.2) is 18.2 Å². The van der Waals surface area contributed by atoms with Crippen molar-refractivity contribution in [1.29, 1.82) is 0 Å². The molecule has 0 saturated carbocycles. The summed E-state index contributed by atoms with van der Waals surface area (Å²) in [4.78, 5) is 11.5. The van der Waals surface area contributed by atoms with Crippen LogP contribution in [-0.2, 0) is 16.8 Å². The van der Waals surface area contributed by atoms with E-state index in [2.05, 4.69) is 5.32 Å². The Hall–Kier alpha value is -1.43. The van der Waals surface area contributed by atoms with E-state index < -0.39 is 23.4 Å². The Bertz CT molecular complexity index is 495. The molecular weight excluding hydrogens is 295 g/mol. The third-order valence-electron chi connectivity index (χ3n) is 2.20. The Kier molecular flexibility index (Phi) is 4.91. The molecule has 0 unspecified atom stereocenters. The highest BCUT2D eigenvalue weighted by atomic mass is 35.5. The van der Waals surface area contributed by atoms with Gasteiger partial charge in [-0.2, -0.15) is 13.2 Å². The first-order valence-corrected chi connectivity index (χ1v) is 6.32. The Morgan fingerprint density at radius 1 is 1.30 bits per heavy atom. The zero-order valence-electron chi connectivity index (χ0n) is 11.3. The van der Waals surface area contributed by atoms with Gasteiger partial charge in [0, 0.05) is 11.6 Å². The minimum Gasteiger partial charge on any atom is -0.444 e. The highest BCUT2D eigenvalue weighted by Gasteiger charge is 2.33. The van der Waals surface area contributed by atoms with Gasteiger partial charge < -0.3 is 4.74 Å². The van der Waals surface area contributed by atoms with Crippen LogP contribution in [0.3, 0.4) is 0 Å². The van der Waals surface area contributed by atoms with Gasteiger partial charge in [0.05, 0.1) is 5.56 Å². The first kappa shape index (κ1) is 16.6. The van der Waals surface area contributed by atoms with Gasteiger partial charge >= 0.3 is 12.3 Å². The van der Waals surface area contributed by atoms with E-state index in [0.29, 0.717) is 0 Å². The second-order valence-corrected chi connectivity index (χ2v) is 5.40. The monoisotopic (exact) mass is 309 g/mol. The number of carbonyl (C=O) groups excluding carboxylic acids is 1. The molecule has 7 heteroatoms. The van der Waals surface area contributed by atoms with Crippen molar-refractivity contribution in [3.05, 3.63) is 29.3 Å². The van der Waals surface area contributed by atoms with Crippen molar-refractivity contribution in [3.63, 3.8) is 0 Å². The van der Waals surface area contributed by atoms with E-state index in [1.54, 1.807) is 20.8 Å². The van der Waals surface area contributed by atoms with E-state index in [0.717, 1.165) is 12.1 Å². The van der Waals surface area contributed by atoms with Crippen LogP contribution in [0.4, 0.5) is 23.7 Å². The molecular formula is C13H15ClF3NO2. The van der Waals surface area contributed by atoms with E-state index in [4.69, 9.17) is 16.3 Å². The number of halogens is 4. The molecule has 0 aliphatic carbocycles. The number of hydrogen-bond acceptors (Lipinski definition) is 2. The Morgan fingerprint density at radius 2 is 1.90 bits per heavy atom. The number of benzene rings is 1. The lowest BCUT2D eigenvalue weighted by molar-refractivity contribution is -0.138. The summed E-state index contributed by atoms with van der Waals surface area (Å²) in [6, 6.07) is 3.22. The lowest BCUT2D eigenvalue weighted by Crippen LogP contribution is -2.27. The van der Waals surface area contributed by atoms with Gasteiger partial charge in [0.2, 0.25) is 0 Å². The number of amides is 1. The van der Waals surface area contributed by atoms with Crippen molar-refractivity contribution >= 4 is 23.4 Å². The largest absolute Gasteiger partial charge is 0.444 e. The molecule has 3 nitrogen and oxygen atoms in total. The molecule has 112 valence electrons. The number of alkyl halides is 4. The molecule has 0 aliphatic heterocycles. The summed E-state index contributed by atoms with van der Waals surface area (Å²) >= 11 is 5.51. The molecule has 0 saturated heterocycles. The number of anilines is 1. The summed E-state index contributed by atoms with van der Waals surface area (Å²) in [6.45, 7) is 5.05. The molecule has 1 N–H and O–H groups in total. The third-order valence-corrected chi connectivity index (χ3v) is 2.49. The maximum atomic E-state index is 12.7. The molecule has 1 amide bonds. The summed E-state index contributed by atoms with van der Waals surface area (Å²) in [5.41, 5.74) is -1.41. The Morgan fingerprint density at radius 3 is 2.35 bits per heavy atom. The van der Waals surface area contributed by atoms with E-state index >= 15 is 0 Å². The first-order valence-electron chi connectivity index (χ1n) is 5.79. The molecule has 1 aromatic carbocycles. The number of rotatable bonds is 2. The van der Waals surface area contributed by atoms with Gasteiger partial charge in [-0.15, -0.1) is 11.6 Å². The second-order valence-electron chi connectivity index (χ2n) is 5.13. The van der Waals surface area contributed by atoms with Gasteiger partial charge in [0.1, 0.15) is 5.60 Å². The lowest BCUT2D eigenvalue weighted by Gasteiger charge is -2.20. The average molecular weight is 310 g/mol. The van der Waals surface area contributed by atoms with Crippen molar-refractivity contribution in [1.82, 2.24) is 0 Å². The summed E-state index contributed by atoms with van der Waals surface area (Å²) in [7, 11) is 0. The van der Waals surface area contributed by atoms with Crippen molar-refractivity contribution in [2.45, 2.75) is 38.4 Å². The molecule has 0 spiro atoms. The standard InChI is InChI=1S/C13H15ClF3NO2/c1-12(2,3)20-11(19)18-9-4-5-10(13(15,16)17)8(6-9)7-14/h4-6H,7H2,1-3H3,(H,18,19). The summed E-state index contributed by atoms with van der Waals surface area (Å²) in [6.07, 6.45) is -5.22. The molecule has 20 heavy (non-hydrogen) atoms. The highest BCUT2D eigenvalue weighted by Crippen LogP contribution is 2.34. The fourth-order valence-electron chi connectivity index (χ4n) is 1.48. The zero-order valence-corrected chi connectivity index (χ0v) is 12.0. The molecule has 0 fully saturated rings. The molecule has 0 aliphatic rings. The van der Waals surface area contributed by atoms with Gasteiger partial charge in [-0.3, -0.25) is 5.32 Å². The van der Waals surface area contributed by atoms with Crippen LogP contribution in [0, 0.1) is 0 Å². The number of carbonyl (C=O) groups is 1. The molecule has 1 rings (SSSR count). The molecule has 0 radical (unpaired) electrons. The second kappa shape index (κ2) is 5.91. The van der Waals surface area contributed by atoms with Crippen LogP contribution in [0.2, 0.25) is 0 Å². The number of nitrogens with one attached hydrogen (secondary N) is 1. The SMILES string of the molecule is CC(C)(C)OC(=O)Nc1ccc(C(F)(F)F)c(CCl)c1. The lowest BCUT2D eigenvalue weighted by atomic mass is 10.1. The Labute approximate surface area is 120 Å². The maximum absolute atomic E-state index is 12.7. The number of hydrogen-bond donors (Lipinski definition) is 1. The Balaban J connectivity index is 2.92. The van der Waals surface area contributed by atoms with E-state index in [-0.39, 0.29) is 17.1 Å². The summed E-state index contributed by atoms with van der Waals surface area (Å²) < 4.78 is 43.1. The van der Waals surface area contributed by atoms with E-state index in [1.807, 2.05) is 0 Å². The van der Waals surface area contributed by atoms with Gasteiger partial charge in [-0.25, -0.2) is 4.79 Å². The van der Waals surface area contributed by atoms with Crippen molar-refractivity contribution in [2.75, 3.05) is 5.32 Å². The minimum absolute atomic E-state index is 0.104. The molecule has 1 aromatic rings. The number of ether oxygens (including phenoxy) is 1. The fourth-order valence-corrected chi connectivity index (χ4v) is 1.70. The quantitative estimate of drug-likeness (QED) is 0.798. The van der Waals surface area contributed by atoms with Gasteiger partial charge in [0.25, 0.3) is 0 Å².